The average Bonchev–Trinajstić information content (AvgIpc) is 3.54. The van der Waals surface area contributed by atoms with E-state index in [-0.39, 0.29) is 0 Å². The Labute approximate surface area is 279 Å². The summed E-state index contributed by atoms with van der Waals surface area (Å²) in [6, 6.07) is 67.0. The monoisotopic (exact) mass is 613 g/mol. The third-order valence-electron chi connectivity index (χ3n) is 9.27. The van der Waals surface area contributed by atoms with Crippen molar-refractivity contribution in [2.24, 2.45) is 0 Å². The predicted molar refractivity (Wildman–Crippen MR) is 202 cm³/mol. The van der Waals surface area contributed by atoms with E-state index in [2.05, 4.69) is 181 Å². The van der Waals surface area contributed by atoms with Crippen LogP contribution in [0.4, 0.5) is 17.1 Å². The first-order valence-electron chi connectivity index (χ1n) is 16.3. The molecule has 226 valence electrons. The Bertz CT molecular complexity index is 2560. The molecule has 0 aliphatic rings. The van der Waals surface area contributed by atoms with Crippen molar-refractivity contribution in [2.75, 3.05) is 4.90 Å². The lowest BCUT2D eigenvalue weighted by Crippen LogP contribution is -2.11. The van der Waals surface area contributed by atoms with Gasteiger partial charge in [0.25, 0.3) is 0 Å². The van der Waals surface area contributed by atoms with Crippen molar-refractivity contribution in [2.45, 2.75) is 0 Å². The van der Waals surface area contributed by atoms with Crippen molar-refractivity contribution in [1.82, 2.24) is 0 Å². The second kappa shape index (κ2) is 11.8. The molecule has 1 aromatic heterocycles. The van der Waals surface area contributed by atoms with Crippen molar-refractivity contribution in [3.05, 3.63) is 188 Å². The molecule has 9 aromatic rings. The quantitative estimate of drug-likeness (QED) is 0.185. The van der Waals surface area contributed by atoms with Gasteiger partial charge in [-0.1, -0.05) is 133 Å². The number of furan rings is 1. The first-order chi connectivity index (χ1) is 23.8. The summed E-state index contributed by atoms with van der Waals surface area (Å²) in [5, 5.41) is 4.80. The highest BCUT2D eigenvalue weighted by atomic mass is 16.3. The molecule has 2 nitrogen and oxygen atoms in total. The molecular formula is C46H31NO. The highest BCUT2D eigenvalue weighted by Crippen LogP contribution is 2.42. The van der Waals surface area contributed by atoms with Crippen molar-refractivity contribution >= 4 is 49.8 Å². The van der Waals surface area contributed by atoms with Crippen LogP contribution in [0.1, 0.15) is 0 Å². The van der Waals surface area contributed by atoms with Crippen LogP contribution in [-0.4, -0.2) is 0 Å². The Kier molecular flexibility index (Phi) is 6.84. The molecule has 9 rings (SSSR count). The lowest BCUT2D eigenvalue weighted by molar-refractivity contribution is 0.669. The lowest BCUT2D eigenvalue weighted by Gasteiger charge is -2.28. The van der Waals surface area contributed by atoms with E-state index in [1.54, 1.807) is 0 Å². The molecule has 0 aliphatic carbocycles. The van der Waals surface area contributed by atoms with Gasteiger partial charge < -0.3 is 9.32 Å². The third kappa shape index (κ3) is 4.92. The van der Waals surface area contributed by atoms with E-state index in [1.807, 2.05) is 12.1 Å². The molecule has 48 heavy (non-hydrogen) atoms. The number of hydrogen-bond acceptors (Lipinski definition) is 2. The molecule has 0 amide bonds. The summed E-state index contributed by atoms with van der Waals surface area (Å²) in [5.41, 5.74) is 12.2. The summed E-state index contributed by atoms with van der Waals surface area (Å²) in [5.74, 6) is 0. The summed E-state index contributed by atoms with van der Waals surface area (Å²) in [6.07, 6.45) is 0. The number of hydrogen-bond donors (Lipinski definition) is 0. The van der Waals surface area contributed by atoms with Crippen molar-refractivity contribution in [1.29, 1.82) is 0 Å². The van der Waals surface area contributed by atoms with Crippen molar-refractivity contribution in [3.8, 4) is 33.4 Å². The van der Waals surface area contributed by atoms with Crippen LogP contribution >= 0.6 is 0 Å². The second-order valence-electron chi connectivity index (χ2n) is 12.2. The van der Waals surface area contributed by atoms with Gasteiger partial charge in [0.2, 0.25) is 0 Å². The second-order valence-corrected chi connectivity index (χ2v) is 12.2. The van der Waals surface area contributed by atoms with Gasteiger partial charge in [0.15, 0.2) is 0 Å². The van der Waals surface area contributed by atoms with Gasteiger partial charge in [-0.3, -0.25) is 0 Å². The van der Waals surface area contributed by atoms with E-state index >= 15 is 0 Å². The SMILES string of the molecule is c1ccc(N(c2ccc(-c3ccc4c(c3)oc3ccccc34)cc2)c2ccccc2-c2cccc(-c3cccc4ccccc34)c2)cc1. The number of nitrogens with zero attached hydrogens (tertiary/aromatic N) is 1. The van der Waals surface area contributed by atoms with Crippen molar-refractivity contribution < 1.29 is 4.42 Å². The minimum atomic E-state index is 0.906. The Morgan fingerprint density at radius 1 is 0.333 bits per heavy atom. The molecule has 0 unspecified atom stereocenters. The molecule has 0 aliphatic heterocycles. The third-order valence-corrected chi connectivity index (χ3v) is 9.27. The van der Waals surface area contributed by atoms with Crippen LogP contribution in [0.15, 0.2) is 192 Å². The van der Waals surface area contributed by atoms with Crippen LogP contribution < -0.4 is 4.90 Å². The largest absolute Gasteiger partial charge is 0.456 e. The molecule has 0 bridgehead atoms. The molecule has 0 fully saturated rings. The summed E-state index contributed by atoms with van der Waals surface area (Å²) >= 11 is 0. The molecule has 0 spiro atoms. The minimum Gasteiger partial charge on any atom is -0.456 e. The molecule has 2 heteroatoms. The average molecular weight is 614 g/mol. The number of rotatable bonds is 6. The maximum Gasteiger partial charge on any atom is 0.136 e. The fourth-order valence-electron chi connectivity index (χ4n) is 6.96. The molecule has 1 heterocycles. The highest BCUT2D eigenvalue weighted by molar-refractivity contribution is 6.06. The van der Waals surface area contributed by atoms with Gasteiger partial charge >= 0.3 is 0 Å². The Morgan fingerprint density at radius 2 is 0.938 bits per heavy atom. The first-order valence-corrected chi connectivity index (χ1v) is 16.3. The van der Waals surface area contributed by atoms with Crippen LogP contribution in [-0.2, 0) is 0 Å². The molecule has 0 atom stereocenters. The maximum absolute atomic E-state index is 6.20. The van der Waals surface area contributed by atoms with E-state index in [0.717, 1.165) is 50.1 Å². The van der Waals surface area contributed by atoms with Gasteiger partial charge in [-0.05, 0) is 93.2 Å². The number of para-hydroxylation sites is 3. The number of fused-ring (bicyclic) bond motifs is 4. The zero-order valence-corrected chi connectivity index (χ0v) is 26.3. The predicted octanol–water partition coefficient (Wildman–Crippen LogP) is 13.2. The van der Waals surface area contributed by atoms with E-state index < -0.39 is 0 Å². The van der Waals surface area contributed by atoms with Gasteiger partial charge in [0.05, 0.1) is 5.69 Å². The maximum atomic E-state index is 6.20. The normalized spacial score (nSPS) is 11.3. The number of benzene rings is 8. The molecule has 8 aromatic carbocycles. The van der Waals surface area contributed by atoms with E-state index in [9.17, 15) is 0 Å². The van der Waals surface area contributed by atoms with Gasteiger partial charge in [-0.15, -0.1) is 0 Å². The fraction of sp³-hybridized carbons (Fsp3) is 0. The van der Waals surface area contributed by atoms with Crippen LogP contribution in [0.2, 0.25) is 0 Å². The summed E-state index contributed by atoms with van der Waals surface area (Å²) in [7, 11) is 0. The number of anilines is 3. The van der Waals surface area contributed by atoms with Crippen molar-refractivity contribution in [3.63, 3.8) is 0 Å². The van der Waals surface area contributed by atoms with Crippen LogP contribution in [0, 0.1) is 0 Å². The summed E-state index contributed by atoms with van der Waals surface area (Å²) in [6.45, 7) is 0. The highest BCUT2D eigenvalue weighted by Gasteiger charge is 2.18. The Morgan fingerprint density at radius 3 is 1.81 bits per heavy atom. The van der Waals surface area contributed by atoms with E-state index in [1.165, 1.54) is 33.0 Å². The van der Waals surface area contributed by atoms with Gasteiger partial charge in [-0.25, -0.2) is 0 Å². The Hall–Kier alpha value is -6.38. The first kappa shape index (κ1) is 27.9. The van der Waals surface area contributed by atoms with Crippen LogP contribution in [0.25, 0.3) is 66.1 Å². The van der Waals surface area contributed by atoms with Crippen LogP contribution in [0.3, 0.4) is 0 Å². The van der Waals surface area contributed by atoms with E-state index in [4.69, 9.17) is 4.42 Å². The van der Waals surface area contributed by atoms with E-state index in [0.29, 0.717) is 0 Å². The minimum absolute atomic E-state index is 0.906. The molecule has 0 saturated carbocycles. The zero-order chi connectivity index (χ0) is 31.9. The topological polar surface area (TPSA) is 16.4 Å². The molecular weight excluding hydrogens is 583 g/mol. The summed E-state index contributed by atoms with van der Waals surface area (Å²) in [4.78, 5) is 2.35. The fourth-order valence-corrected chi connectivity index (χ4v) is 6.96. The van der Waals surface area contributed by atoms with Crippen LogP contribution in [0.5, 0.6) is 0 Å². The molecule has 0 saturated heterocycles. The zero-order valence-electron chi connectivity index (χ0n) is 26.3. The van der Waals surface area contributed by atoms with Gasteiger partial charge in [0.1, 0.15) is 11.2 Å². The smallest absolute Gasteiger partial charge is 0.136 e. The lowest BCUT2D eigenvalue weighted by atomic mass is 9.94. The van der Waals surface area contributed by atoms with Gasteiger partial charge in [0, 0.05) is 27.7 Å². The summed E-state index contributed by atoms with van der Waals surface area (Å²) < 4.78 is 6.20. The van der Waals surface area contributed by atoms with Gasteiger partial charge in [-0.2, -0.15) is 0 Å². The molecule has 0 N–H and O–H groups in total. The molecule has 0 radical (unpaired) electrons. The standard InChI is InChI=1S/C46H31NO/c1-2-16-37(17-3-1)47(38-27-24-32(25-28-38)34-26-29-43-42-20-7-9-23-45(42)48-46(43)31-34)44-22-8-6-19-41(44)36-15-10-14-35(30-36)40-21-11-13-33-12-4-5-18-39(33)40/h1-31H. The Balaban J connectivity index is 1.13.